The fourth-order valence-electron chi connectivity index (χ4n) is 6.69. The molecule has 8 heteroatoms. The van der Waals surface area contributed by atoms with Crippen LogP contribution in [0.2, 0.25) is 0 Å². The Morgan fingerprint density at radius 2 is 1.92 bits per heavy atom. The molecule has 3 heterocycles. The zero-order valence-corrected chi connectivity index (χ0v) is 22.6. The highest BCUT2D eigenvalue weighted by Crippen LogP contribution is 2.59. The van der Waals surface area contributed by atoms with Crippen LogP contribution in [0.5, 0.6) is 0 Å². The molecule has 6 atom stereocenters. The van der Waals surface area contributed by atoms with Gasteiger partial charge in [0.15, 0.2) is 0 Å². The van der Waals surface area contributed by atoms with Crippen molar-refractivity contribution in [1.82, 2.24) is 14.7 Å². The van der Waals surface area contributed by atoms with Crippen LogP contribution in [0.3, 0.4) is 0 Å². The number of likely N-dealkylation sites (N-methyl/N-ethyl adjacent to an activating group) is 1. The summed E-state index contributed by atoms with van der Waals surface area (Å²) in [5.41, 5.74) is -0.137. The Labute approximate surface area is 225 Å². The molecule has 3 fully saturated rings. The van der Waals surface area contributed by atoms with E-state index < -0.39 is 35.6 Å². The van der Waals surface area contributed by atoms with Crippen molar-refractivity contribution >= 4 is 17.7 Å². The molecule has 4 rings (SSSR count). The summed E-state index contributed by atoms with van der Waals surface area (Å²) in [6.45, 7) is 10.6. The van der Waals surface area contributed by atoms with E-state index in [9.17, 15) is 19.5 Å². The summed E-state index contributed by atoms with van der Waals surface area (Å²) in [5, 5.41) is 10.6. The summed E-state index contributed by atoms with van der Waals surface area (Å²) in [7, 11) is 1.70. The number of aliphatic hydroxyl groups is 1. The lowest BCUT2D eigenvalue weighted by molar-refractivity contribution is -0.151. The molecule has 2 bridgehead atoms. The Morgan fingerprint density at radius 1 is 1.21 bits per heavy atom. The third-order valence-corrected chi connectivity index (χ3v) is 8.40. The van der Waals surface area contributed by atoms with Crippen molar-refractivity contribution in [2.75, 3.05) is 33.3 Å². The molecule has 1 N–H and O–H groups in total. The van der Waals surface area contributed by atoms with E-state index in [1.54, 1.807) is 33.9 Å². The maximum Gasteiger partial charge on any atom is 0.248 e. The van der Waals surface area contributed by atoms with E-state index in [4.69, 9.17) is 4.74 Å². The van der Waals surface area contributed by atoms with Gasteiger partial charge in [0.1, 0.15) is 11.6 Å². The Bertz CT molecular complexity index is 1050. The van der Waals surface area contributed by atoms with Crippen molar-refractivity contribution < 1.29 is 24.2 Å². The normalized spacial score (nSPS) is 28.2. The molecular weight excluding hydrogens is 482 g/mol. The molecule has 8 nitrogen and oxygen atoms in total. The summed E-state index contributed by atoms with van der Waals surface area (Å²) in [6, 6.07) is 8.10. The smallest absolute Gasteiger partial charge is 0.248 e. The molecule has 1 aromatic carbocycles. The van der Waals surface area contributed by atoms with Crippen molar-refractivity contribution in [3.05, 3.63) is 61.2 Å². The van der Waals surface area contributed by atoms with Crippen LogP contribution in [-0.4, -0.2) is 94.6 Å². The van der Waals surface area contributed by atoms with Crippen LogP contribution >= 0.6 is 0 Å². The summed E-state index contributed by atoms with van der Waals surface area (Å²) in [6.07, 6.45) is 6.20. The molecule has 2 unspecified atom stereocenters. The summed E-state index contributed by atoms with van der Waals surface area (Å²) >= 11 is 0. The second kappa shape index (κ2) is 11.8. The number of amides is 3. The number of unbranched alkanes of at least 4 members (excludes halogenated alkanes) is 1. The molecule has 3 aliphatic heterocycles. The maximum atomic E-state index is 14.3. The minimum Gasteiger partial charge on any atom is -0.394 e. The molecule has 206 valence electrons. The van der Waals surface area contributed by atoms with Crippen molar-refractivity contribution in [3.8, 4) is 0 Å². The third kappa shape index (κ3) is 4.80. The van der Waals surface area contributed by atoms with Gasteiger partial charge in [0.25, 0.3) is 0 Å². The van der Waals surface area contributed by atoms with Crippen LogP contribution in [0.1, 0.15) is 38.2 Å². The maximum absolute atomic E-state index is 14.3. The van der Waals surface area contributed by atoms with Gasteiger partial charge in [-0.1, -0.05) is 55.8 Å². The molecule has 1 aromatic rings. The van der Waals surface area contributed by atoms with E-state index in [1.807, 2.05) is 30.3 Å². The van der Waals surface area contributed by atoms with Gasteiger partial charge in [0.2, 0.25) is 17.7 Å². The average Bonchev–Trinajstić information content (AvgIpc) is 3.57. The van der Waals surface area contributed by atoms with Gasteiger partial charge in [0, 0.05) is 26.7 Å². The summed E-state index contributed by atoms with van der Waals surface area (Å²) in [5.74, 6) is -2.08. The molecule has 0 radical (unpaired) electrons. The van der Waals surface area contributed by atoms with E-state index in [-0.39, 0.29) is 24.3 Å². The Hall–Kier alpha value is -2.97. The first-order chi connectivity index (χ1) is 18.3. The minimum atomic E-state index is -1.09. The predicted octanol–water partition coefficient (Wildman–Crippen LogP) is 2.42. The topological polar surface area (TPSA) is 90.4 Å². The Morgan fingerprint density at radius 3 is 2.55 bits per heavy atom. The lowest BCUT2D eigenvalue weighted by Crippen LogP contribution is -2.59. The molecule has 38 heavy (non-hydrogen) atoms. The first kappa shape index (κ1) is 28.0. The van der Waals surface area contributed by atoms with Crippen LogP contribution < -0.4 is 0 Å². The number of carbonyl (C=O) groups is 3. The van der Waals surface area contributed by atoms with E-state index in [2.05, 4.69) is 20.1 Å². The number of carbonyl (C=O) groups excluding carboxylic acids is 3. The van der Waals surface area contributed by atoms with Gasteiger partial charge in [-0.2, -0.15) is 0 Å². The fourth-order valence-corrected chi connectivity index (χ4v) is 6.69. The van der Waals surface area contributed by atoms with Gasteiger partial charge >= 0.3 is 0 Å². The Balaban J connectivity index is 1.77. The van der Waals surface area contributed by atoms with Crippen molar-refractivity contribution in [3.63, 3.8) is 0 Å². The molecule has 1 spiro atoms. The number of rotatable bonds is 13. The molecule has 3 amide bonds. The summed E-state index contributed by atoms with van der Waals surface area (Å²) < 4.78 is 6.57. The van der Waals surface area contributed by atoms with Crippen molar-refractivity contribution in [2.24, 2.45) is 11.8 Å². The molecule has 3 saturated heterocycles. The van der Waals surface area contributed by atoms with Crippen molar-refractivity contribution in [2.45, 2.75) is 62.8 Å². The average molecular weight is 524 g/mol. The van der Waals surface area contributed by atoms with Crippen LogP contribution in [-0.2, 0) is 25.5 Å². The molecular formula is C30H41N3O5. The monoisotopic (exact) mass is 523 g/mol. The van der Waals surface area contributed by atoms with Gasteiger partial charge in [-0.25, -0.2) is 0 Å². The minimum absolute atomic E-state index is 0.166. The lowest BCUT2D eigenvalue weighted by Gasteiger charge is -2.39. The Kier molecular flexibility index (Phi) is 8.73. The van der Waals surface area contributed by atoms with Crippen LogP contribution in [0.15, 0.2) is 55.6 Å². The second-order valence-electron chi connectivity index (χ2n) is 10.8. The number of nitrogens with zero attached hydrogens (tertiary/aromatic N) is 3. The summed E-state index contributed by atoms with van der Waals surface area (Å²) in [4.78, 5) is 47.1. The highest BCUT2D eigenvalue weighted by molar-refractivity contribution is 5.99. The van der Waals surface area contributed by atoms with Crippen LogP contribution in [0.25, 0.3) is 0 Å². The number of aliphatic hydroxyl groups excluding tert-OH is 1. The van der Waals surface area contributed by atoms with Crippen molar-refractivity contribution in [1.29, 1.82) is 0 Å². The van der Waals surface area contributed by atoms with E-state index in [0.717, 1.165) is 18.4 Å². The molecule has 0 aliphatic carbocycles. The van der Waals surface area contributed by atoms with Gasteiger partial charge in [-0.15, -0.1) is 13.2 Å². The highest BCUT2D eigenvalue weighted by Gasteiger charge is 2.75. The van der Waals surface area contributed by atoms with Gasteiger partial charge < -0.3 is 24.5 Å². The number of hydrogen-bond acceptors (Lipinski definition) is 5. The predicted molar refractivity (Wildman–Crippen MR) is 145 cm³/mol. The van der Waals surface area contributed by atoms with E-state index >= 15 is 0 Å². The number of likely N-dealkylation sites (tertiary alicyclic amines) is 1. The van der Waals surface area contributed by atoms with Crippen LogP contribution in [0, 0.1) is 11.8 Å². The first-order valence-electron chi connectivity index (χ1n) is 13.7. The third-order valence-electron chi connectivity index (χ3n) is 8.40. The van der Waals surface area contributed by atoms with Gasteiger partial charge in [-0.3, -0.25) is 14.4 Å². The fraction of sp³-hybridized carbons (Fsp3) is 0.567. The van der Waals surface area contributed by atoms with E-state index in [0.29, 0.717) is 38.9 Å². The number of fused-ring (bicyclic) bond motifs is 1. The highest BCUT2D eigenvalue weighted by atomic mass is 16.5. The second-order valence-corrected chi connectivity index (χ2v) is 10.8. The van der Waals surface area contributed by atoms with Gasteiger partial charge in [0.05, 0.1) is 30.6 Å². The molecule has 0 saturated carbocycles. The number of ether oxygens (including phenoxy) is 1. The number of hydrogen-bond donors (Lipinski definition) is 1. The lowest BCUT2D eigenvalue weighted by atomic mass is 9.70. The SMILES string of the molecule is C=CCN(C)C(=O)[C@@H]1[C@H]2C(=O)N([C@@H](CO)Cc3ccccc3)C(C(=O)N(CC=C)CCCC)C23CC[C@H]1O3. The zero-order valence-electron chi connectivity index (χ0n) is 22.6. The number of benzene rings is 1. The van der Waals surface area contributed by atoms with Crippen LogP contribution in [0.4, 0.5) is 0 Å². The largest absolute Gasteiger partial charge is 0.394 e. The van der Waals surface area contributed by atoms with Gasteiger partial charge in [-0.05, 0) is 31.2 Å². The molecule has 0 aromatic heterocycles. The standard InChI is InChI=1S/C30H41N3O5/c1-5-8-18-32(17-7-3)29(37)26-30-15-14-23(38-30)24(27(35)31(4)16-6-2)25(30)28(36)33(26)22(20-34)19-21-12-10-9-11-13-21/h6-7,9-13,22-26,34H,2-3,5,8,14-20H2,1,4H3/t22-,23-,24+,25+,26?,30?/m1/s1. The first-order valence-corrected chi connectivity index (χ1v) is 13.7. The van der Waals surface area contributed by atoms with E-state index in [1.165, 1.54) is 0 Å². The molecule has 3 aliphatic rings. The zero-order chi connectivity index (χ0) is 27.4. The quantitative estimate of drug-likeness (QED) is 0.401.